The molecule has 0 N–H and O–H groups in total. The second-order valence-electron chi connectivity index (χ2n) is 10.4. The van der Waals surface area contributed by atoms with E-state index in [1.54, 1.807) is 13.8 Å². The van der Waals surface area contributed by atoms with Gasteiger partial charge in [-0.3, -0.25) is 0 Å². The standard InChI is InChI=1S/C41H28O/c1-41(2)34-19-9-7-12-26(34)27-23-22-25(24-35(27)41)38-28-13-3-5-15-30(28)39(31-16-6-4-14-29(31)38)33-18-11-21-37-40(33)32-17-8-10-20-36(32)42-37/h3-24H,1-2H3/i3D,4D,5D,6D,7D,8D,9D,10D,11D,12D,13D,14D,15D,16D,17D,18D,19D,20D,21D,22D,23D,24D. The molecule has 1 aliphatic carbocycles. The predicted molar refractivity (Wildman–Crippen MR) is 177 cm³/mol. The second-order valence-corrected chi connectivity index (χ2v) is 10.4. The Hall–Kier alpha value is -5.14. The summed E-state index contributed by atoms with van der Waals surface area (Å²) in [5.74, 6) is 0. The van der Waals surface area contributed by atoms with Gasteiger partial charge in [-0.15, -0.1) is 0 Å². The summed E-state index contributed by atoms with van der Waals surface area (Å²) in [6.07, 6.45) is 0. The number of para-hydroxylation sites is 1. The van der Waals surface area contributed by atoms with Crippen LogP contribution in [0, 0.1) is 0 Å². The van der Waals surface area contributed by atoms with Crippen LogP contribution in [0.3, 0.4) is 0 Å². The third-order valence-electron chi connectivity index (χ3n) is 7.82. The van der Waals surface area contributed by atoms with Gasteiger partial charge in [0.1, 0.15) is 11.2 Å². The van der Waals surface area contributed by atoms with Gasteiger partial charge in [0, 0.05) is 16.2 Å². The van der Waals surface area contributed by atoms with Crippen LogP contribution in [0.25, 0.3) is 76.9 Å². The summed E-state index contributed by atoms with van der Waals surface area (Å²) >= 11 is 0. The van der Waals surface area contributed by atoms with E-state index in [9.17, 15) is 11.0 Å². The van der Waals surface area contributed by atoms with E-state index in [2.05, 4.69) is 0 Å². The van der Waals surface area contributed by atoms with Crippen molar-refractivity contribution in [2.75, 3.05) is 0 Å². The minimum absolute atomic E-state index is 0.0160. The van der Waals surface area contributed by atoms with Gasteiger partial charge < -0.3 is 4.42 Å². The summed E-state index contributed by atoms with van der Waals surface area (Å²) in [5, 5.41) is -3.10. The van der Waals surface area contributed by atoms with E-state index in [1.165, 1.54) is 0 Å². The molecule has 1 heteroatoms. The fourth-order valence-electron chi connectivity index (χ4n) is 5.95. The van der Waals surface area contributed by atoms with Crippen LogP contribution >= 0.6 is 0 Å². The van der Waals surface area contributed by atoms with Gasteiger partial charge in [-0.2, -0.15) is 0 Å². The molecule has 0 fully saturated rings. The largest absolute Gasteiger partial charge is 0.456 e. The molecule has 0 radical (unpaired) electrons. The Morgan fingerprint density at radius 3 is 1.76 bits per heavy atom. The molecule has 1 aromatic heterocycles. The lowest BCUT2D eigenvalue weighted by Gasteiger charge is -2.23. The molecule has 1 aliphatic rings. The smallest absolute Gasteiger partial charge is 0.136 e. The Kier molecular flexibility index (Phi) is 2.13. The van der Waals surface area contributed by atoms with Crippen molar-refractivity contribution in [1.82, 2.24) is 0 Å². The Labute approximate surface area is 275 Å². The monoisotopic (exact) mass is 558 g/mol. The zero-order valence-corrected chi connectivity index (χ0v) is 21.9. The summed E-state index contributed by atoms with van der Waals surface area (Å²) in [6.45, 7) is 3.08. The van der Waals surface area contributed by atoms with Crippen LogP contribution < -0.4 is 0 Å². The zero-order valence-electron chi connectivity index (χ0n) is 43.9. The molecule has 9 rings (SSSR count). The lowest BCUT2D eigenvalue weighted by atomic mass is 9.80. The second kappa shape index (κ2) is 8.44. The lowest BCUT2D eigenvalue weighted by molar-refractivity contribution is 0.660. The number of hydrogen-bond acceptors (Lipinski definition) is 1. The summed E-state index contributed by atoms with van der Waals surface area (Å²) in [6, 6.07) is -16.6. The van der Waals surface area contributed by atoms with E-state index >= 15 is 0 Å². The van der Waals surface area contributed by atoms with Crippen LogP contribution in [0.5, 0.6) is 0 Å². The highest BCUT2D eigenvalue weighted by Gasteiger charge is 2.35. The summed E-state index contributed by atoms with van der Waals surface area (Å²) in [5.41, 5.74) is -5.07. The molecule has 198 valence electrons. The number of fused-ring (bicyclic) bond motifs is 8. The quantitative estimate of drug-likeness (QED) is 0.192. The van der Waals surface area contributed by atoms with Crippen molar-refractivity contribution < 1.29 is 34.6 Å². The molecule has 1 heterocycles. The van der Waals surface area contributed by atoms with Gasteiger partial charge in [-0.05, 0) is 84.2 Å². The minimum atomic E-state index is -1.49. The zero-order chi connectivity index (χ0) is 47.1. The third-order valence-corrected chi connectivity index (χ3v) is 7.82. The molecule has 42 heavy (non-hydrogen) atoms. The molecule has 0 bridgehead atoms. The molecule has 7 aromatic carbocycles. The lowest BCUT2D eigenvalue weighted by Crippen LogP contribution is -2.14. The Morgan fingerprint density at radius 1 is 0.476 bits per heavy atom. The molecule has 0 saturated carbocycles. The molecule has 0 spiro atoms. The normalized spacial score (nSPS) is 21.0. The summed E-state index contributed by atoms with van der Waals surface area (Å²) < 4.78 is 204. The van der Waals surface area contributed by atoms with E-state index in [1.807, 2.05) is 0 Å². The maximum atomic E-state index is 9.87. The van der Waals surface area contributed by atoms with Crippen molar-refractivity contribution in [2.45, 2.75) is 19.3 Å². The molecular weight excluding hydrogens is 508 g/mol. The van der Waals surface area contributed by atoms with Crippen molar-refractivity contribution in [3.05, 3.63) is 144 Å². The molecule has 0 aliphatic heterocycles. The predicted octanol–water partition coefficient (Wildman–Crippen LogP) is 11.5. The molecule has 8 aromatic rings. The highest BCUT2D eigenvalue weighted by molar-refractivity contribution is 6.25. The molecule has 0 unspecified atom stereocenters. The fourth-order valence-corrected chi connectivity index (χ4v) is 5.95. The van der Waals surface area contributed by atoms with Crippen molar-refractivity contribution in [3.63, 3.8) is 0 Å². The van der Waals surface area contributed by atoms with Gasteiger partial charge in [0.2, 0.25) is 0 Å². The van der Waals surface area contributed by atoms with E-state index in [-0.39, 0.29) is 22.3 Å². The Morgan fingerprint density at radius 2 is 1.02 bits per heavy atom. The molecule has 0 atom stereocenters. The first-order valence-corrected chi connectivity index (χ1v) is 12.9. The average Bonchev–Trinajstić information content (AvgIpc) is 3.77. The van der Waals surface area contributed by atoms with Crippen molar-refractivity contribution >= 4 is 43.5 Å². The van der Waals surface area contributed by atoms with Crippen molar-refractivity contribution in [3.8, 4) is 33.4 Å². The van der Waals surface area contributed by atoms with Crippen LogP contribution in [0.1, 0.15) is 55.1 Å². The first-order valence-electron chi connectivity index (χ1n) is 23.9. The SMILES string of the molecule is [2H]c1c([2H])c([2H])c2c(c1[2H])-c1c([2H])c([2H])c(-c3c4c([2H])c([2H])c([2H])c([2H])c4c(-c4c([2H])c([2H])c([2H])c5oc6c([2H])c([2H])c([2H])c([2H])c6c45)c4c([2H])c([2H])c([2H])c([2H])c34)c([2H])c1C2(C)C. The van der Waals surface area contributed by atoms with E-state index in [0.717, 1.165) is 0 Å². The van der Waals surface area contributed by atoms with Crippen molar-refractivity contribution in [2.24, 2.45) is 0 Å². The maximum Gasteiger partial charge on any atom is 0.136 e. The van der Waals surface area contributed by atoms with Gasteiger partial charge >= 0.3 is 0 Å². The van der Waals surface area contributed by atoms with Crippen LogP contribution in [0.15, 0.2) is 137 Å². The Balaban J connectivity index is 1.63. The number of hydrogen-bond donors (Lipinski definition) is 0. The molecule has 0 amide bonds. The first-order chi connectivity index (χ1) is 29.8. The topological polar surface area (TPSA) is 13.1 Å². The van der Waals surface area contributed by atoms with Crippen LogP contribution in [-0.2, 0) is 5.41 Å². The highest BCUT2D eigenvalue weighted by atomic mass is 16.3. The van der Waals surface area contributed by atoms with Crippen molar-refractivity contribution in [1.29, 1.82) is 0 Å². The fraction of sp³-hybridized carbons (Fsp3) is 0.0732. The molecular formula is C41H28O. The maximum absolute atomic E-state index is 9.87. The van der Waals surface area contributed by atoms with Crippen LogP contribution in [0.4, 0.5) is 0 Å². The Bertz CT molecular complexity index is 3520. The number of rotatable bonds is 2. The van der Waals surface area contributed by atoms with Gasteiger partial charge in [0.15, 0.2) is 0 Å². The molecule has 1 nitrogen and oxygen atoms in total. The highest BCUT2D eigenvalue weighted by Crippen LogP contribution is 2.51. The number of furan rings is 1. The van der Waals surface area contributed by atoms with E-state index < -0.39 is 204 Å². The van der Waals surface area contributed by atoms with E-state index in [0.29, 0.717) is 0 Å². The number of benzene rings is 7. The minimum Gasteiger partial charge on any atom is -0.456 e. The molecule has 0 saturated heterocycles. The van der Waals surface area contributed by atoms with Gasteiger partial charge in [0.05, 0.1) is 30.2 Å². The van der Waals surface area contributed by atoms with E-state index in [4.69, 9.17) is 23.6 Å². The van der Waals surface area contributed by atoms with Gasteiger partial charge in [0.25, 0.3) is 0 Å². The summed E-state index contributed by atoms with van der Waals surface area (Å²) in [7, 11) is 0. The third kappa shape index (κ3) is 3.08. The van der Waals surface area contributed by atoms with Gasteiger partial charge in [-0.1, -0.05) is 129 Å². The van der Waals surface area contributed by atoms with Crippen LogP contribution in [0.2, 0.25) is 0 Å². The summed E-state index contributed by atoms with van der Waals surface area (Å²) in [4.78, 5) is 0. The first kappa shape index (κ1) is 10.6. The average molecular weight is 559 g/mol. The van der Waals surface area contributed by atoms with Gasteiger partial charge in [-0.25, -0.2) is 0 Å². The van der Waals surface area contributed by atoms with Crippen LogP contribution in [-0.4, -0.2) is 0 Å².